The van der Waals surface area contributed by atoms with Gasteiger partial charge in [-0.1, -0.05) is 30.7 Å². The van der Waals surface area contributed by atoms with E-state index in [1.165, 1.54) is 32.0 Å². The highest BCUT2D eigenvalue weighted by atomic mass is 35.5. The molecule has 11 heteroatoms. The molecule has 1 amide bonds. The highest BCUT2D eigenvalue weighted by Crippen LogP contribution is 2.55. The molecule has 9 nitrogen and oxygen atoms in total. The average molecular weight is 590 g/mol. The molecule has 2 aromatic rings. The fourth-order valence-corrected chi connectivity index (χ4v) is 6.00. The van der Waals surface area contributed by atoms with Crippen LogP contribution in [0.15, 0.2) is 46.6 Å². The number of aliphatic hydroxyl groups excluding tert-OH is 2. The van der Waals surface area contributed by atoms with E-state index in [1.54, 1.807) is 19.1 Å². The molecule has 40 heavy (non-hydrogen) atoms. The van der Waals surface area contributed by atoms with Gasteiger partial charge in [0.2, 0.25) is 17.3 Å². The molecule has 1 heterocycles. The minimum Gasteiger partial charge on any atom is -0.507 e. The quantitative estimate of drug-likeness (QED) is 0.271. The predicted molar refractivity (Wildman–Crippen MR) is 151 cm³/mol. The fraction of sp³-hybridized carbons (Fsp3) is 0.414. The molecule has 1 aliphatic carbocycles. The Kier molecular flexibility index (Phi) is 9.02. The fourth-order valence-electron chi connectivity index (χ4n) is 5.33. The van der Waals surface area contributed by atoms with Crippen molar-refractivity contribution >= 4 is 40.8 Å². The standard InChI is InChI=1S/C29H32ClNO8S/c1-15-12-19(33)23(18(13-22(34)31-10-5-11-32)16-6-8-17(40-4)9-7-16)27(35)29(15)28(36)24-20(37-2)14-21(38-3)25(30)26(24)39-29/h6-9,14-15,18,32,35H,5,10-13H2,1-4H3,(H,31,34). The number of Topliss-reactive ketones (excluding diaryl/α,β-unsaturated/α-hetero) is 2. The van der Waals surface area contributed by atoms with Crippen molar-refractivity contribution < 1.29 is 38.8 Å². The van der Waals surface area contributed by atoms with E-state index in [1.807, 2.05) is 18.4 Å². The third-order valence-electron chi connectivity index (χ3n) is 7.42. The Morgan fingerprint density at radius 1 is 1.23 bits per heavy atom. The molecular weight excluding hydrogens is 558 g/mol. The number of amides is 1. The summed E-state index contributed by atoms with van der Waals surface area (Å²) in [6.07, 6.45) is 2.03. The summed E-state index contributed by atoms with van der Waals surface area (Å²) >= 11 is 8.07. The first-order valence-corrected chi connectivity index (χ1v) is 14.4. The Balaban J connectivity index is 1.87. The third kappa shape index (κ3) is 5.04. The van der Waals surface area contributed by atoms with Crippen molar-refractivity contribution in [1.82, 2.24) is 5.32 Å². The van der Waals surface area contributed by atoms with E-state index >= 15 is 0 Å². The van der Waals surface area contributed by atoms with Gasteiger partial charge in [-0.15, -0.1) is 11.8 Å². The van der Waals surface area contributed by atoms with E-state index in [4.69, 9.17) is 30.9 Å². The zero-order valence-corrected chi connectivity index (χ0v) is 24.3. The maximum absolute atomic E-state index is 14.1. The molecule has 214 valence electrons. The average Bonchev–Trinajstić information content (AvgIpc) is 3.26. The normalized spacial score (nSPS) is 20.8. The van der Waals surface area contributed by atoms with E-state index in [2.05, 4.69) is 5.32 Å². The first-order chi connectivity index (χ1) is 19.1. The maximum atomic E-state index is 14.1. The number of rotatable bonds is 10. The van der Waals surface area contributed by atoms with E-state index in [0.29, 0.717) is 12.0 Å². The van der Waals surface area contributed by atoms with Crippen LogP contribution in [0, 0.1) is 5.92 Å². The van der Waals surface area contributed by atoms with Gasteiger partial charge in [0.25, 0.3) is 0 Å². The number of benzene rings is 2. The summed E-state index contributed by atoms with van der Waals surface area (Å²) in [6, 6.07) is 8.79. The van der Waals surface area contributed by atoms with Crippen LogP contribution in [0.2, 0.25) is 5.02 Å². The van der Waals surface area contributed by atoms with Crippen molar-refractivity contribution in [2.75, 3.05) is 33.6 Å². The molecule has 4 rings (SSSR count). The number of ketones is 2. The number of nitrogens with one attached hydrogen (secondary N) is 1. The highest BCUT2D eigenvalue weighted by molar-refractivity contribution is 7.98. The summed E-state index contributed by atoms with van der Waals surface area (Å²) < 4.78 is 17.0. The van der Waals surface area contributed by atoms with Crippen LogP contribution in [0.25, 0.3) is 0 Å². The second-order valence-electron chi connectivity index (χ2n) is 9.71. The molecule has 1 spiro atoms. The summed E-state index contributed by atoms with van der Waals surface area (Å²) in [7, 11) is 2.80. The lowest BCUT2D eigenvalue weighted by Gasteiger charge is -2.38. The second-order valence-corrected chi connectivity index (χ2v) is 11.0. The van der Waals surface area contributed by atoms with E-state index < -0.39 is 29.0 Å². The zero-order valence-electron chi connectivity index (χ0n) is 22.7. The molecule has 0 radical (unpaired) electrons. The molecule has 0 saturated heterocycles. The van der Waals surface area contributed by atoms with Gasteiger partial charge >= 0.3 is 0 Å². The van der Waals surface area contributed by atoms with E-state index in [-0.39, 0.29) is 71.1 Å². The second kappa shape index (κ2) is 12.1. The topological polar surface area (TPSA) is 131 Å². The van der Waals surface area contributed by atoms with E-state index in [9.17, 15) is 19.5 Å². The Hall–Kier alpha value is -3.21. The lowest BCUT2D eigenvalue weighted by Crippen LogP contribution is -2.53. The van der Waals surface area contributed by atoms with Crippen molar-refractivity contribution in [2.24, 2.45) is 5.92 Å². The van der Waals surface area contributed by atoms with Crippen LogP contribution in [-0.4, -0.2) is 66.9 Å². The van der Waals surface area contributed by atoms with Crippen LogP contribution in [0.4, 0.5) is 0 Å². The number of halogens is 1. The largest absolute Gasteiger partial charge is 0.507 e. The summed E-state index contributed by atoms with van der Waals surface area (Å²) in [5.41, 5.74) is -1.34. The van der Waals surface area contributed by atoms with Gasteiger partial charge in [-0.2, -0.15) is 0 Å². The number of aliphatic hydroxyl groups is 2. The number of fused-ring (bicyclic) bond motifs is 1. The van der Waals surface area contributed by atoms with Crippen molar-refractivity contribution in [2.45, 2.75) is 42.6 Å². The summed E-state index contributed by atoms with van der Waals surface area (Å²) in [4.78, 5) is 41.6. The summed E-state index contributed by atoms with van der Waals surface area (Å²) in [5, 5.41) is 23.7. The van der Waals surface area contributed by atoms with Crippen LogP contribution in [0.5, 0.6) is 17.2 Å². The Labute approximate surface area is 241 Å². The number of carbonyl (C=O) groups excluding carboxylic acids is 3. The van der Waals surface area contributed by atoms with Crippen LogP contribution in [-0.2, 0) is 9.59 Å². The lowest BCUT2D eigenvalue weighted by atomic mass is 9.69. The number of hydrogen-bond donors (Lipinski definition) is 3. The van der Waals surface area contributed by atoms with Crippen LogP contribution in [0.3, 0.4) is 0 Å². The Morgan fingerprint density at radius 2 is 1.90 bits per heavy atom. The van der Waals surface area contributed by atoms with Gasteiger partial charge in [-0.05, 0) is 30.4 Å². The number of hydrogen-bond acceptors (Lipinski definition) is 9. The number of ether oxygens (including phenoxy) is 3. The summed E-state index contributed by atoms with van der Waals surface area (Å²) in [6.45, 7) is 1.82. The first kappa shape index (κ1) is 29.8. The van der Waals surface area contributed by atoms with Crippen molar-refractivity contribution in [1.29, 1.82) is 0 Å². The Morgan fingerprint density at radius 3 is 2.50 bits per heavy atom. The molecule has 1 aliphatic heterocycles. The van der Waals surface area contributed by atoms with Gasteiger partial charge in [-0.3, -0.25) is 14.4 Å². The molecule has 2 aromatic carbocycles. The van der Waals surface area contributed by atoms with Crippen LogP contribution >= 0.6 is 23.4 Å². The monoisotopic (exact) mass is 589 g/mol. The molecule has 0 aromatic heterocycles. The van der Waals surface area contributed by atoms with Crippen molar-refractivity contribution in [3.8, 4) is 17.2 Å². The molecular formula is C29H32ClNO8S. The minimum atomic E-state index is -1.94. The van der Waals surface area contributed by atoms with Gasteiger partial charge < -0.3 is 29.7 Å². The van der Waals surface area contributed by atoms with E-state index in [0.717, 1.165) is 4.90 Å². The Bertz CT molecular complexity index is 1360. The van der Waals surface area contributed by atoms with Crippen molar-refractivity contribution in [3.05, 3.63) is 57.8 Å². The molecule has 0 saturated carbocycles. The molecule has 3 unspecified atom stereocenters. The van der Waals surface area contributed by atoms with Gasteiger partial charge in [-0.25, -0.2) is 0 Å². The van der Waals surface area contributed by atoms with Crippen LogP contribution in [0.1, 0.15) is 48.0 Å². The van der Waals surface area contributed by atoms with Crippen LogP contribution < -0.4 is 19.5 Å². The number of allylic oxidation sites excluding steroid dienone is 1. The predicted octanol–water partition coefficient (Wildman–Crippen LogP) is 4.49. The highest BCUT2D eigenvalue weighted by Gasteiger charge is 2.61. The molecule has 3 atom stereocenters. The van der Waals surface area contributed by atoms with Gasteiger partial charge in [0.1, 0.15) is 22.1 Å². The SMILES string of the molecule is COc1cc(OC)c2c(c1Cl)OC1(C2=O)C(O)=C(C(CC(=O)NCCCO)c2ccc(SC)cc2)C(=O)CC1C. The molecule has 0 bridgehead atoms. The number of carbonyl (C=O) groups is 3. The van der Waals surface area contributed by atoms with Gasteiger partial charge in [0.15, 0.2) is 17.3 Å². The lowest BCUT2D eigenvalue weighted by molar-refractivity contribution is -0.121. The smallest absolute Gasteiger partial charge is 0.231 e. The molecule has 3 N–H and O–H groups in total. The zero-order chi connectivity index (χ0) is 29.2. The number of thioether (sulfide) groups is 1. The van der Waals surface area contributed by atoms with Gasteiger partial charge in [0.05, 0.1) is 14.2 Å². The van der Waals surface area contributed by atoms with Crippen molar-refractivity contribution in [3.63, 3.8) is 0 Å². The number of methoxy groups -OCH3 is 2. The first-order valence-electron chi connectivity index (χ1n) is 12.8. The maximum Gasteiger partial charge on any atom is 0.231 e. The van der Waals surface area contributed by atoms with Gasteiger partial charge in [0, 0.05) is 54.4 Å². The summed E-state index contributed by atoms with van der Waals surface area (Å²) in [5.74, 6) is -3.15. The third-order valence-corrected chi connectivity index (χ3v) is 8.53. The minimum absolute atomic E-state index is 0.00224. The molecule has 0 fully saturated rings. The molecule has 2 aliphatic rings.